The second-order valence-corrected chi connectivity index (χ2v) is 12.3. The highest BCUT2D eigenvalue weighted by atomic mass is 127. The quantitative estimate of drug-likeness (QED) is 0.188. The standard InChI is InChI=1S/C27H26BIN2O4S/c1-28(33)30-16-21(14-19-8-4-2-5-9-19)24(17-30)27(32)20-12-13-26-23(15-20)25(29)18-31(26)36(34,35)22-10-6-3-7-11-22/h2-13,15,18,21,24,33H,14,16-17H2,1H3. The molecule has 1 saturated heterocycles. The van der Waals surface area contributed by atoms with E-state index in [2.05, 4.69) is 34.7 Å². The van der Waals surface area contributed by atoms with Crippen LogP contribution in [0.2, 0.25) is 6.82 Å². The minimum atomic E-state index is -3.76. The van der Waals surface area contributed by atoms with Crippen molar-refractivity contribution < 1.29 is 18.2 Å². The van der Waals surface area contributed by atoms with Gasteiger partial charge in [-0.25, -0.2) is 12.4 Å². The van der Waals surface area contributed by atoms with Crippen LogP contribution in [0.5, 0.6) is 0 Å². The topological polar surface area (TPSA) is 79.6 Å². The van der Waals surface area contributed by atoms with Gasteiger partial charge in [-0.15, -0.1) is 0 Å². The summed E-state index contributed by atoms with van der Waals surface area (Å²) in [5.41, 5.74) is 2.27. The number of fused-ring (bicyclic) bond motifs is 1. The number of benzene rings is 3. The van der Waals surface area contributed by atoms with E-state index in [-0.39, 0.29) is 22.5 Å². The highest BCUT2D eigenvalue weighted by Crippen LogP contribution is 2.33. The monoisotopic (exact) mass is 612 g/mol. The van der Waals surface area contributed by atoms with E-state index >= 15 is 0 Å². The van der Waals surface area contributed by atoms with Crippen molar-refractivity contribution in [2.75, 3.05) is 13.1 Å². The van der Waals surface area contributed by atoms with Crippen molar-refractivity contribution in [2.45, 2.75) is 18.1 Å². The van der Waals surface area contributed by atoms with Gasteiger partial charge in [-0.1, -0.05) is 48.5 Å². The molecule has 5 rings (SSSR count). The Morgan fingerprint density at radius 2 is 1.69 bits per heavy atom. The first kappa shape index (κ1) is 25.2. The molecule has 0 radical (unpaired) electrons. The summed E-state index contributed by atoms with van der Waals surface area (Å²) in [5, 5.41) is 10.9. The molecule has 4 aromatic rings. The van der Waals surface area contributed by atoms with E-state index in [9.17, 15) is 18.2 Å². The number of ketones is 1. The molecule has 2 atom stereocenters. The van der Waals surface area contributed by atoms with Gasteiger partial charge in [0.1, 0.15) is 0 Å². The zero-order valence-electron chi connectivity index (χ0n) is 19.8. The Labute approximate surface area is 225 Å². The molecule has 1 aliphatic rings. The first-order valence-corrected chi connectivity index (χ1v) is 14.4. The maximum Gasteiger partial charge on any atom is 0.376 e. The molecule has 2 heterocycles. The van der Waals surface area contributed by atoms with Gasteiger partial charge >= 0.3 is 7.05 Å². The van der Waals surface area contributed by atoms with Gasteiger partial charge in [0.15, 0.2) is 5.78 Å². The predicted molar refractivity (Wildman–Crippen MR) is 151 cm³/mol. The number of carbonyl (C=O) groups is 1. The Morgan fingerprint density at radius 1 is 1.03 bits per heavy atom. The number of hydrogen-bond acceptors (Lipinski definition) is 5. The number of hydrogen-bond donors (Lipinski definition) is 1. The summed E-state index contributed by atoms with van der Waals surface area (Å²) in [6, 6.07) is 23.7. The first-order valence-electron chi connectivity index (χ1n) is 11.9. The largest absolute Gasteiger partial charge is 0.437 e. The van der Waals surface area contributed by atoms with Crippen LogP contribution in [0.3, 0.4) is 0 Å². The molecule has 0 amide bonds. The number of halogens is 1. The third kappa shape index (κ3) is 4.77. The Balaban J connectivity index is 1.48. The Kier molecular flexibility index (Phi) is 7.08. The maximum atomic E-state index is 13.8. The summed E-state index contributed by atoms with van der Waals surface area (Å²) >= 11 is 2.12. The van der Waals surface area contributed by atoms with Crippen LogP contribution in [0.1, 0.15) is 15.9 Å². The Morgan fingerprint density at radius 3 is 2.36 bits per heavy atom. The van der Waals surface area contributed by atoms with Crippen molar-refractivity contribution in [3.05, 3.63) is 99.8 Å². The van der Waals surface area contributed by atoms with Crippen LogP contribution in [0.25, 0.3) is 10.9 Å². The smallest absolute Gasteiger partial charge is 0.376 e. The van der Waals surface area contributed by atoms with Crippen LogP contribution in [-0.4, -0.2) is 48.1 Å². The minimum Gasteiger partial charge on any atom is -0.437 e. The van der Waals surface area contributed by atoms with Gasteiger partial charge in [-0.2, -0.15) is 0 Å². The molecule has 0 spiro atoms. The summed E-state index contributed by atoms with van der Waals surface area (Å²) in [7, 11) is -4.38. The van der Waals surface area contributed by atoms with Crippen LogP contribution >= 0.6 is 22.6 Å². The number of Topliss-reactive ketones (excluding diaryl/α,β-unsaturated/α-hetero) is 1. The van der Waals surface area contributed by atoms with E-state index in [0.717, 1.165) is 15.4 Å². The summed E-state index contributed by atoms with van der Waals surface area (Å²) in [5.74, 6) is -0.159. The molecule has 6 nitrogen and oxygen atoms in total. The van der Waals surface area contributed by atoms with Gasteiger partial charge in [-0.3, -0.25) is 4.79 Å². The molecule has 3 aromatic carbocycles. The molecule has 0 bridgehead atoms. The molecule has 1 fully saturated rings. The maximum absolute atomic E-state index is 13.8. The molecule has 184 valence electrons. The van der Waals surface area contributed by atoms with E-state index in [4.69, 9.17) is 0 Å². The average molecular weight is 612 g/mol. The van der Waals surface area contributed by atoms with Gasteiger partial charge < -0.3 is 9.83 Å². The lowest BCUT2D eigenvalue weighted by atomic mass is 9.84. The van der Waals surface area contributed by atoms with Crippen molar-refractivity contribution in [3.8, 4) is 0 Å². The second kappa shape index (κ2) is 10.1. The minimum absolute atomic E-state index is 0.0236. The Hall–Kier alpha value is -2.47. The van der Waals surface area contributed by atoms with Crippen molar-refractivity contribution >= 4 is 56.4 Å². The Bertz CT molecular complexity index is 1510. The van der Waals surface area contributed by atoms with Gasteiger partial charge in [0.2, 0.25) is 0 Å². The average Bonchev–Trinajstić information content (AvgIpc) is 3.46. The van der Waals surface area contributed by atoms with E-state index in [1.807, 2.05) is 23.0 Å². The zero-order chi connectivity index (χ0) is 25.4. The van der Waals surface area contributed by atoms with Gasteiger partial charge in [0.25, 0.3) is 10.0 Å². The summed E-state index contributed by atoms with van der Waals surface area (Å²) < 4.78 is 28.6. The SMILES string of the molecule is CB(O)N1CC(Cc2ccccc2)C(C(=O)c2ccc3c(c2)c(I)cn3S(=O)(=O)c2ccccc2)C1. The summed E-state index contributed by atoms with van der Waals surface area (Å²) in [6.07, 6.45) is 2.36. The summed E-state index contributed by atoms with van der Waals surface area (Å²) in [6.45, 7) is 2.87. The third-order valence-corrected chi connectivity index (χ3v) is 9.53. The van der Waals surface area contributed by atoms with Crippen molar-refractivity contribution in [2.24, 2.45) is 11.8 Å². The van der Waals surface area contributed by atoms with Crippen molar-refractivity contribution in [1.29, 1.82) is 0 Å². The molecule has 36 heavy (non-hydrogen) atoms. The fourth-order valence-corrected chi connectivity index (χ4v) is 7.35. The van der Waals surface area contributed by atoms with E-state index in [1.165, 1.54) is 9.54 Å². The van der Waals surface area contributed by atoms with Crippen molar-refractivity contribution in [1.82, 2.24) is 8.78 Å². The lowest BCUT2D eigenvalue weighted by Crippen LogP contribution is -2.35. The van der Waals surface area contributed by atoms with Crippen LogP contribution in [0.15, 0.2) is 90.0 Å². The molecule has 9 heteroatoms. The van der Waals surface area contributed by atoms with E-state index in [1.54, 1.807) is 61.6 Å². The molecule has 1 aliphatic heterocycles. The van der Waals surface area contributed by atoms with Crippen LogP contribution in [0.4, 0.5) is 0 Å². The number of rotatable bonds is 7. The van der Waals surface area contributed by atoms with Crippen molar-refractivity contribution in [3.63, 3.8) is 0 Å². The molecule has 1 N–H and O–H groups in total. The van der Waals surface area contributed by atoms with Gasteiger partial charge in [0.05, 0.1) is 10.4 Å². The second-order valence-electron chi connectivity index (χ2n) is 9.33. The highest BCUT2D eigenvalue weighted by molar-refractivity contribution is 14.1. The van der Waals surface area contributed by atoms with Gasteiger partial charge in [0, 0.05) is 26.6 Å². The lowest BCUT2D eigenvalue weighted by Gasteiger charge is -2.18. The van der Waals surface area contributed by atoms with Crippen LogP contribution in [-0.2, 0) is 16.4 Å². The van der Waals surface area contributed by atoms with E-state index < -0.39 is 17.1 Å². The predicted octanol–water partition coefficient (Wildman–Crippen LogP) is 4.57. The molecule has 1 aromatic heterocycles. The third-order valence-electron chi connectivity index (χ3n) is 6.98. The van der Waals surface area contributed by atoms with Crippen LogP contribution < -0.4 is 0 Å². The first-order chi connectivity index (χ1) is 17.3. The molecular weight excluding hydrogens is 586 g/mol. The molecular formula is C27H26BIN2O4S. The number of carbonyl (C=O) groups excluding carboxylic acids is 1. The molecule has 2 unspecified atom stereocenters. The lowest BCUT2D eigenvalue weighted by molar-refractivity contribution is 0.0900. The van der Waals surface area contributed by atoms with E-state index in [0.29, 0.717) is 24.2 Å². The number of nitrogens with zero attached hydrogens (tertiary/aromatic N) is 2. The molecule has 0 saturated carbocycles. The normalized spacial score (nSPS) is 18.5. The number of aromatic nitrogens is 1. The van der Waals surface area contributed by atoms with Crippen LogP contribution in [0, 0.1) is 15.4 Å². The molecule has 0 aliphatic carbocycles. The van der Waals surface area contributed by atoms with Gasteiger partial charge in [-0.05, 0) is 90.7 Å². The fourth-order valence-electron chi connectivity index (χ4n) is 5.06. The zero-order valence-corrected chi connectivity index (χ0v) is 22.8. The highest BCUT2D eigenvalue weighted by Gasteiger charge is 2.40. The fraction of sp³-hybridized carbons (Fsp3) is 0.222. The summed E-state index contributed by atoms with van der Waals surface area (Å²) in [4.78, 5) is 15.9.